The van der Waals surface area contributed by atoms with Gasteiger partial charge in [0.05, 0.1) is 6.04 Å². The number of carbonyl (C=O) groups excluding carboxylic acids is 1. The number of carbonyl (C=O) groups is 1. The number of amides is 1. The quantitative estimate of drug-likeness (QED) is 0.867. The molecule has 0 spiro atoms. The molecule has 2 N–H and O–H groups in total. The third-order valence-electron chi connectivity index (χ3n) is 4.67. The van der Waals surface area contributed by atoms with E-state index in [4.69, 9.17) is 9.47 Å². The fourth-order valence-corrected chi connectivity index (χ4v) is 4.29. The van der Waals surface area contributed by atoms with Gasteiger partial charge in [0.15, 0.2) is 11.5 Å². The fraction of sp³-hybridized carbons (Fsp3) is 0.350. The summed E-state index contributed by atoms with van der Waals surface area (Å²) in [4.78, 5) is 12.6. The molecule has 2 aromatic rings. The Morgan fingerprint density at radius 1 is 1.15 bits per heavy atom. The van der Waals surface area contributed by atoms with Gasteiger partial charge in [-0.1, -0.05) is 35.9 Å². The van der Waals surface area contributed by atoms with Crippen molar-refractivity contribution in [1.29, 1.82) is 0 Å². The molecular weight excluding hydrogens is 348 g/mol. The van der Waals surface area contributed by atoms with Crippen molar-refractivity contribution in [3.63, 3.8) is 0 Å². The lowest BCUT2D eigenvalue weighted by Gasteiger charge is -2.30. The van der Waals surface area contributed by atoms with Crippen LogP contribution in [0.15, 0.2) is 42.5 Å². The Labute approximate surface area is 157 Å². The van der Waals surface area contributed by atoms with Crippen LogP contribution in [0.2, 0.25) is 0 Å². The van der Waals surface area contributed by atoms with Crippen LogP contribution < -0.4 is 20.1 Å². The van der Waals surface area contributed by atoms with E-state index in [9.17, 15) is 4.79 Å². The summed E-state index contributed by atoms with van der Waals surface area (Å²) in [6.45, 7) is 2.82. The molecule has 2 aromatic carbocycles. The molecule has 1 unspecified atom stereocenters. The molecule has 26 heavy (non-hydrogen) atoms. The van der Waals surface area contributed by atoms with Gasteiger partial charge in [-0.2, -0.15) is 11.8 Å². The van der Waals surface area contributed by atoms with E-state index in [1.54, 1.807) is 0 Å². The smallest absolute Gasteiger partial charge is 0.238 e. The standard InChI is InChI=1S/C20H22N2O3S/c1-13-2-5-15(6-3-13)16-10-26-11-17(22-16)20(23)21-9-14-4-7-18-19(8-14)25-12-24-18/h2-8,16-17,22H,9-12H2,1H3,(H,21,23)/t16?,17-/m0/s1. The lowest BCUT2D eigenvalue weighted by atomic mass is 10.1. The Balaban J connectivity index is 1.34. The van der Waals surface area contributed by atoms with Crippen LogP contribution in [-0.4, -0.2) is 30.2 Å². The van der Waals surface area contributed by atoms with Gasteiger partial charge < -0.3 is 14.8 Å². The lowest BCUT2D eigenvalue weighted by molar-refractivity contribution is -0.123. The molecule has 0 saturated carbocycles. The van der Waals surface area contributed by atoms with Crippen molar-refractivity contribution in [2.24, 2.45) is 0 Å². The van der Waals surface area contributed by atoms with Crippen LogP contribution in [0.5, 0.6) is 11.5 Å². The fourth-order valence-electron chi connectivity index (χ4n) is 3.15. The molecule has 6 heteroatoms. The van der Waals surface area contributed by atoms with Crippen molar-refractivity contribution in [3.8, 4) is 11.5 Å². The summed E-state index contributed by atoms with van der Waals surface area (Å²) in [7, 11) is 0. The maximum Gasteiger partial charge on any atom is 0.238 e. The van der Waals surface area contributed by atoms with Crippen LogP contribution in [0.25, 0.3) is 0 Å². The summed E-state index contributed by atoms with van der Waals surface area (Å²) >= 11 is 1.82. The van der Waals surface area contributed by atoms with E-state index < -0.39 is 0 Å². The maximum absolute atomic E-state index is 12.6. The van der Waals surface area contributed by atoms with Crippen LogP contribution in [0.1, 0.15) is 22.7 Å². The molecule has 136 valence electrons. The largest absolute Gasteiger partial charge is 0.454 e. The highest BCUT2D eigenvalue weighted by Gasteiger charge is 2.27. The van der Waals surface area contributed by atoms with E-state index in [1.807, 2.05) is 30.0 Å². The number of hydrogen-bond acceptors (Lipinski definition) is 5. The minimum atomic E-state index is -0.186. The molecule has 1 amide bonds. The second kappa shape index (κ2) is 7.60. The zero-order valence-corrected chi connectivity index (χ0v) is 15.5. The summed E-state index contributed by atoms with van der Waals surface area (Å²) in [5, 5.41) is 6.52. The number of benzene rings is 2. The Bertz CT molecular complexity index is 794. The third kappa shape index (κ3) is 3.81. The first-order chi connectivity index (χ1) is 12.7. The monoisotopic (exact) mass is 370 g/mol. The van der Waals surface area contributed by atoms with Gasteiger partial charge in [0.25, 0.3) is 0 Å². The number of ether oxygens (including phenoxy) is 2. The van der Waals surface area contributed by atoms with Gasteiger partial charge in [-0.05, 0) is 30.2 Å². The highest BCUT2D eigenvalue weighted by molar-refractivity contribution is 7.99. The second-order valence-electron chi connectivity index (χ2n) is 6.63. The molecule has 0 bridgehead atoms. The Morgan fingerprint density at radius 2 is 1.96 bits per heavy atom. The molecule has 1 saturated heterocycles. The summed E-state index contributed by atoms with van der Waals surface area (Å²) in [6, 6.07) is 14.3. The van der Waals surface area contributed by atoms with Crippen molar-refractivity contribution < 1.29 is 14.3 Å². The molecule has 2 aliphatic rings. The first-order valence-electron chi connectivity index (χ1n) is 8.75. The van der Waals surface area contributed by atoms with Gasteiger partial charge in [0, 0.05) is 24.1 Å². The molecule has 2 heterocycles. The zero-order chi connectivity index (χ0) is 17.9. The lowest BCUT2D eigenvalue weighted by Crippen LogP contribution is -2.50. The summed E-state index contributed by atoms with van der Waals surface area (Å²) in [5.41, 5.74) is 3.48. The molecule has 1 fully saturated rings. The van der Waals surface area contributed by atoms with Gasteiger partial charge in [0.1, 0.15) is 0 Å². The first kappa shape index (κ1) is 17.2. The maximum atomic E-state index is 12.6. The van der Waals surface area contributed by atoms with Crippen molar-refractivity contribution in [2.75, 3.05) is 18.3 Å². The van der Waals surface area contributed by atoms with E-state index in [2.05, 4.69) is 41.8 Å². The number of hydrogen-bond donors (Lipinski definition) is 2. The zero-order valence-electron chi connectivity index (χ0n) is 14.7. The van der Waals surface area contributed by atoms with Crippen molar-refractivity contribution in [1.82, 2.24) is 10.6 Å². The van der Waals surface area contributed by atoms with Gasteiger partial charge in [0.2, 0.25) is 12.7 Å². The number of nitrogens with one attached hydrogen (secondary N) is 2. The minimum absolute atomic E-state index is 0.0342. The first-order valence-corrected chi connectivity index (χ1v) is 9.91. The minimum Gasteiger partial charge on any atom is -0.454 e. The highest BCUT2D eigenvalue weighted by atomic mass is 32.2. The molecular formula is C20H22N2O3S. The average molecular weight is 370 g/mol. The van der Waals surface area contributed by atoms with Crippen molar-refractivity contribution >= 4 is 17.7 Å². The normalized spacial score (nSPS) is 21.4. The number of fused-ring (bicyclic) bond motifs is 1. The van der Waals surface area contributed by atoms with E-state index in [-0.39, 0.29) is 24.8 Å². The third-order valence-corrected chi connectivity index (χ3v) is 5.81. The van der Waals surface area contributed by atoms with Gasteiger partial charge >= 0.3 is 0 Å². The number of aryl methyl sites for hydroxylation is 1. The van der Waals surface area contributed by atoms with Gasteiger partial charge in [-0.25, -0.2) is 0 Å². The second-order valence-corrected chi connectivity index (χ2v) is 7.70. The molecule has 0 aromatic heterocycles. The van der Waals surface area contributed by atoms with E-state index >= 15 is 0 Å². The van der Waals surface area contributed by atoms with Crippen LogP contribution in [0.4, 0.5) is 0 Å². The van der Waals surface area contributed by atoms with Gasteiger partial charge in [-0.3, -0.25) is 10.1 Å². The molecule has 4 rings (SSSR count). The number of rotatable bonds is 4. The molecule has 5 nitrogen and oxygen atoms in total. The van der Waals surface area contributed by atoms with Crippen molar-refractivity contribution in [3.05, 3.63) is 59.2 Å². The average Bonchev–Trinajstić information content (AvgIpc) is 3.14. The molecule has 2 atom stereocenters. The Morgan fingerprint density at radius 3 is 2.81 bits per heavy atom. The topological polar surface area (TPSA) is 59.6 Å². The van der Waals surface area contributed by atoms with Crippen molar-refractivity contribution in [2.45, 2.75) is 25.6 Å². The summed E-state index contributed by atoms with van der Waals surface area (Å²) in [6.07, 6.45) is 0. The number of thioether (sulfide) groups is 1. The summed E-state index contributed by atoms with van der Waals surface area (Å²) < 4.78 is 10.7. The van der Waals surface area contributed by atoms with Crippen LogP contribution in [0.3, 0.4) is 0 Å². The highest BCUT2D eigenvalue weighted by Crippen LogP contribution is 2.32. The van der Waals surface area contributed by atoms with E-state index in [1.165, 1.54) is 11.1 Å². The van der Waals surface area contributed by atoms with Gasteiger partial charge in [-0.15, -0.1) is 0 Å². The Hall–Kier alpha value is -2.18. The predicted octanol–water partition coefficient (Wildman–Crippen LogP) is 2.79. The SMILES string of the molecule is Cc1ccc(C2CSC[C@@H](C(=O)NCc3ccc4c(c3)OCO4)N2)cc1. The molecule has 0 radical (unpaired) electrons. The van der Waals surface area contributed by atoms with E-state index in [0.29, 0.717) is 6.54 Å². The van der Waals surface area contributed by atoms with Crippen LogP contribution in [-0.2, 0) is 11.3 Å². The van der Waals surface area contributed by atoms with Crippen LogP contribution in [0, 0.1) is 6.92 Å². The summed E-state index contributed by atoms with van der Waals surface area (Å²) in [5.74, 6) is 3.30. The van der Waals surface area contributed by atoms with Crippen LogP contribution >= 0.6 is 11.8 Å². The predicted molar refractivity (Wildman–Crippen MR) is 103 cm³/mol. The molecule has 0 aliphatic carbocycles. The molecule has 2 aliphatic heterocycles. The Kier molecular flexibility index (Phi) is 5.04. The van der Waals surface area contributed by atoms with E-state index in [0.717, 1.165) is 28.6 Å².